The molecule has 0 aromatic carbocycles. The average molecular weight is 527 g/mol. The Morgan fingerprint density at radius 3 is 2.42 bits per heavy atom. The smallest absolute Gasteiger partial charge is 0.305 e. The van der Waals surface area contributed by atoms with Crippen LogP contribution in [0.25, 0.3) is 0 Å². The molecule has 2 heterocycles. The van der Waals surface area contributed by atoms with Gasteiger partial charge in [0, 0.05) is 12.3 Å². The van der Waals surface area contributed by atoms with Gasteiger partial charge in [0.25, 0.3) is 0 Å². The lowest BCUT2D eigenvalue weighted by Gasteiger charge is -2.51. The van der Waals surface area contributed by atoms with Crippen LogP contribution in [-0.2, 0) is 23.4 Å². The maximum Gasteiger partial charge on any atom is 0.305 e. The summed E-state index contributed by atoms with van der Waals surface area (Å²) in [6.45, 7) is 18.7. The lowest BCUT2D eigenvalue weighted by atomic mass is 9.72. The van der Waals surface area contributed by atoms with E-state index in [-0.39, 0.29) is 35.9 Å². The van der Waals surface area contributed by atoms with Crippen molar-refractivity contribution >= 4 is 14.3 Å². The number of carboxylic acid groups (broad SMARTS) is 1. The maximum atomic E-state index is 11.6. The first kappa shape index (κ1) is 30.1. The molecular formula is C29H54O6Si. The van der Waals surface area contributed by atoms with Crippen LogP contribution in [0.1, 0.15) is 106 Å². The van der Waals surface area contributed by atoms with Crippen LogP contribution in [0.5, 0.6) is 0 Å². The highest BCUT2D eigenvalue weighted by Crippen LogP contribution is 2.47. The molecule has 0 bridgehead atoms. The van der Waals surface area contributed by atoms with Crippen molar-refractivity contribution in [3.05, 3.63) is 0 Å². The molecule has 1 aliphatic carbocycles. The van der Waals surface area contributed by atoms with Crippen molar-refractivity contribution in [3.8, 4) is 0 Å². The summed E-state index contributed by atoms with van der Waals surface area (Å²) in [5, 5.41) is 9.59. The number of carbonyl (C=O) groups is 1. The SMILES string of the molecule is CC(C)[C@@H]1CC[C@@H](C)C[C@@]12OCC[C@@H](C[C@H]1CCC[C@@H](C[C@H](CC(=O)O)O[Si](C)(C)C(C)(C)C)O1)O2. The molecule has 3 fully saturated rings. The fourth-order valence-corrected chi connectivity index (χ4v) is 7.71. The van der Waals surface area contributed by atoms with Gasteiger partial charge in [-0.15, -0.1) is 0 Å². The Bertz CT molecular complexity index is 719. The van der Waals surface area contributed by atoms with E-state index in [1.54, 1.807) is 0 Å². The fraction of sp³-hybridized carbons (Fsp3) is 0.966. The lowest BCUT2D eigenvalue weighted by molar-refractivity contribution is -0.342. The van der Waals surface area contributed by atoms with Crippen LogP contribution in [0, 0.1) is 17.8 Å². The molecule has 3 aliphatic rings. The molecule has 210 valence electrons. The zero-order valence-electron chi connectivity index (χ0n) is 24.3. The molecule has 0 aromatic heterocycles. The number of hydrogen-bond donors (Lipinski definition) is 1. The number of hydrogen-bond acceptors (Lipinski definition) is 5. The molecule has 1 spiro atoms. The average Bonchev–Trinajstić information content (AvgIpc) is 2.72. The quantitative estimate of drug-likeness (QED) is 0.321. The maximum absolute atomic E-state index is 11.6. The minimum atomic E-state index is -2.07. The molecule has 7 heteroatoms. The van der Waals surface area contributed by atoms with Gasteiger partial charge in [0.2, 0.25) is 0 Å². The summed E-state index contributed by atoms with van der Waals surface area (Å²) in [6, 6.07) is 0. The van der Waals surface area contributed by atoms with Crippen molar-refractivity contribution < 1.29 is 28.5 Å². The third-order valence-corrected chi connectivity index (χ3v) is 13.8. The molecule has 0 aromatic rings. The molecule has 1 saturated carbocycles. The van der Waals surface area contributed by atoms with Gasteiger partial charge in [-0.2, -0.15) is 0 Å². The Morgan fingerprint density at radius 1 is 1.08 bits per heavy atom. The molecule has 36 heavy (non-hydrogen) atoms. The molecule has 6 nitrogen and oxygen atoms in total. The molecule has 7 atom stereocenters. The monoisotopic (exact) mass is 526 g/mol. The van der Waals surface area contributed by atoms with Gasteiger partial charge in [0.15, 0.2) is 14.1 Å². The summed E-state index contributed by atoms with van der Waals surface area (Å²) in [4.78, 5) is 11.6. The van der Waals surface area contributed by atoms with E-state index in [0.29, 0.717) is 24.2 Å². The van der Waals surface area contributed by atoms with Crippen LogP contribution in [0.15, 0.2) is 0 Å². The summed E-state index contributed by atoms with van der Waals surface area (Å²) in [5.74, 6) is 0.376. The van der Waals surface area contributed by atoms with Crippen molar-refractivity contribution in [2.75, 3.05) is 6.61 Å². The third-order valence-electron chi connectivity index (χ3n) is 9.28. The first-order chi connectivity index (χ1) is 16.7. The number of ether oxygens (including phenoxy) is 3. The predicted octanol–water partition coefficient (Wildman–Crippen LogP) is 7.16. The van der Waals surface area contributed by atoms with Crippen LogP contribution < -0.4 is 0 Å². The van der Waals surface area contributed by atoms with Gasteiger partial charge in [-0.3, -0.25) is 4.79 Å². The second-order valence-corrected chi connectivity index (χ2v) is 18.6. The van der Waals surface area contributed by atoms with Crippen LogP contribution in [0.2, 0.25) is 18.1 Å². The summed E-state index contributed by atoms with van der Waals surface area (Å²) >= 11 is 0. The van der Waals surface area contributed by atoms with Crippen molar-refractivity contribution in [1.29, 1.82) is 0 Å². The first-order valence-corrected chi connectivity index (χ1v) is 17.5. The van der Waals surface area contributed by atoms with E-state index in [1.807, 2.05) is 0 Å². The highest BCUT2D eigenvalue weighted by atomic mass is 28.4. The Labute approximate surface area is 221 Å². The minimum absolute atomic E-state index is 0.0391. The summed E-state index contributed by atoms with van der Waals surface area (Å²) in [6.07, 6.45) is 9.10. The van der Waals surface area contributed by atoms with Crippen molar-refractivity contribution in [1.82, 2.24) is 0 Å². The Hall–Kier alpha value is -0.473. The van der Waals surface area contributed by atoms with Gasteiger partial charge in [0.05, 0.1) is 37.4 Å². The number of carboxylic acids is 1. The van der Waals surface area contributed by atoms with Crippen LogP contribution in [0.3, 0.4) is 0 Å². The zero-order valence-corrected chi connectivity index (χ0v) is 25.3. The second-order valence-electron chi connectivity index (χ2n) is 13.8. The third kappa shape index (κ3) is 7.78. The van der Waals surface area contributed by atoms with Crippen molar-refractivity contribution in [3.63, 3.8) is 0 Å². The Kier molecular flexibility index (Phi) is 10.1. The number of rotatable bonds is 9. The molecule has 0 unspecified atom stereocenters. The van der Waals surface area contributed by atoms with Crippen LogP contribution in [0.4, 0.5) is 0 Å². The summed E-state index contributed by atoms with van der Waals surface area (Å²) in [7, 11) is -2.07. The van der Waals surface area contributed by atoms with Crippen LogP contribution >= 0.6 is 0 Å². The predicted molar refractivity (Wildman–Crippen MR) is 146 cm³/mol. The molecule has 0 amide bonds. The van der Waals surface area contributed by atoms with E-state index in [1.165, 1.54) is 12.8 Å². The van der Waals surface area contributed by atoms with Gasteiger partial charge >= 0.3 is 5.97 Å². The van der Waals surface area contributed by atoms with Gasteiger partial charge < -0.3 is 23.7 Å². The molecule has 1 N–H and O–H groups in total. The van der Waals surface area contributed by atoms with Crippen molar-refractivity contribution in [2.24, 2.45) is 17.8 Å². The highest BCUT2D eigenvalue weighted by molar-refractivity contribution is 6.74. The highest BCUT2D eigenvalue weighted by Gasteiger charge is 2.50. The van der Waals surface area contributed by atoms with E-state index in [2.05, 4.69) is 54.6 Å². The van der Waals surface area contributed by atoms with Crippen LogP contribution in [-0.4, -0.2) is 56.2 Å². The Balaban J connectivity index is 1.61. The zero-order chi connectivity index (χ0) is 26.7. The van der Waals surface area contributed by atoms with Gasteiger partial charge in [-0.25, -0.2) is 0 Å². The van der Waals surface area contributed by atoms with E-state index in [4.69, 9.17) is 18.6 Å². The van der Waals surface area contributed by atoms with Crippen molar-refractivity contribution in [2.45, 2.75) is 154 Å². The molecule has 3 rings (SSSR count). The first-order valence-electron chi connectivity index (χ1n) is 14.6. The van der Waals surface area contributed by atoms with E-state index >= 15 is 0 Å². The summed E-state index contributed by atoms with van der Waals surface area (Å²) < 4.78 is 26.4. The Morgan fingerprint density at radius 2 is 1.78 bits per heavy atom. The van der Waals surface area contributed by atoms with Gasteiger partial charge in [0.1, 0.15) is 0 Å². The fourth-order valence-electron chi connectivity index (χ4n) is 6.35. The lowest BCUT2D eigenvalue weighted by Crippen LogP contribution is -2.55. The normalized spacial score (nSPS) is 35.2. The summed E-state index contributed by atoms with van der Waals surface area (Å²) in [5.41, 5.74) is 0. The van der Waals surface area contributed by atoms with E-state index < -0.39 is 20.1 Å². The van der Waals surface area contributed by atoms with E-state index in [9.17, 15) is 9.90 Å². The second kappa shape index (κ2) is 12.1. The molecule has 2 aliphatic heterocycles. The molecular weight excluding hydrogens is 472 g/mol. The minimum Gasteiger partial charge on any atom is -0.481 e. The topological polar surface area (TPSA) is 74.2 Å². The number of aliphatic carboxylic acids is 1. The molecule has 0 radical (unpaired) electrons. The standard InChI is InChI=1S/C29H54O6Si/c1-20(2)26-13-12-21(3)19-29(26)32-15-14-24(34-29)16-22-10-9-11-23(33-22)17-25(18-27(30)31)35-36(7,8)28(4,5)6/h20-26H,9-19H2,1-8H3,(H,30,31)/t21-,22-,23+,24+,25-,26+,29+/m1/s1. The van der Waals surface area contributed by atoms with Gasteiger partial charge in [-0.05, 0) is 74.9 Å². The largest absolute Gasteiger partial charge is 0.481 e. The van der Waals surface area contributed by atoms with E-state index in [0.717, 1.165) is 45.1 Å². The molecule has 2 saturated heterocycles. The van der Waals surface area contributed by atoms with Gasteiger partial charge in [-0.1, -0.05) is 48.0 Å².